The van der Waals surface area contributed by atoms with E-state index in [0.717, 1.165) is 12.8 Å². The molecule has 0 aliphatic heterocycles. The Bertz CT molecular complexity index is 254. The van der Waals surface area contributed by atoms with Gasteiger partial charge in [-0.25, -0.2) is 0 Å². The molecular formula is C10H19ClN2O3. The summed E-state index contributed by atoms with van der Waals surface area (Å²) in [6, 6.07) is -0.368. The van der Waals surface area contributed by atoms with Gasteiger partial charge in [0.25, 0.3) is 0 Å². The molecule has 94 valence electrons. The van der Waals surface area contributed by atoms with Gasteiger partial charge in [0, 0.05) is 6.04 Å². The van der Waals surface area contributed by atoms with Crippen LogP contribution in [0.4, 0.5) is 0 Å². The lowest BCUT2D eigenvalue weighted by Gasteiger charge is -2.22. The molecule has 16 heavy (non-hydrogen) atoms. The van der Waals surface area contributed by atoms with Crippen molar-refractivity contribution in [2.75, 3.05) is 13.2 Å². The number of hydrogen-bond acceptors (Lipinski definition) is 4. The highest BCUT2D eigenvalue weighted by atomic mass is 35.5. The Labute approximate surface area is 102 Å². The average molecular weight is 251 g/mol. The average Bonchev–Trinajstić information content (AvgIpc) is 2.96. The van der Waals surface area contributed by atoms with Crippen molar-refractivity contribution in [3.63, 3.8) is 0 Å². The Morgan fingerprint density at radius 3 is 2.44 bits per heavy atom. The van der Waals surface area contributed by atoms with Crippen molar-refractivity contribution in [2.45, 2.75) is 38.8 Å². The van der Waals surface area contributed by atoms with Crippen molar-refractivity contribution in [2.24, 2.45) is 5.73 Å². The Morgan fingerprint density at radius 1 is 1.50 bits per heavy atom. The number of carbonyl (C=O) groups is 2. The quantitative estimate of drug-likeness (QED) is 0.713. The lowest BCUT2D eigenvalue weighted by molar-refractivity contribution is -0.149. The van der Waals surface area contributed by atoms with Crippen LogP contribution in [-0.4, -0.2) is 42.0 Å². The molecule has 0 aromatic heterocycles. The minimum absolute atomic E-state index is 0. The second-order valence-corrected chi connectivity index (χ2v) is 3.79. The summed E-state index contributed by atoms with van der Waals surface area (Å²) < 4.78 is 4.81. The SMILES string of the molecule is CCOC(=O)CN(C(=O)[C@H](C)N)C1CC1.Cl. The lowest BCUT2D eigenvalue weighted by Crippen LogP contribution is -2.46. The minimum Gasteiger partial charge on any atom is -0.465 e. The number of esters is 1. The summed E-state index contributed by atoms with van der Waals surface area (Å²) in [6.45, 7) is 3.73. The van der Waals surface area contributed by atoms with Crippen molar-refractivity contribution in [1.82, 2.24) is 4.90 Å². The van der Waals surface area contributed by atoms with Gasteiger partial charge in [-0.1, -0.05) is 0 Å². The molecule has 0 radical (unpaired) electrons. The minimum atomic E-state index is -0.556. The molecule has 0 spiro atoms. The van der Waals surface area contributed by atoms with Crippen LogP contribution in [0.5, 0.6) is 0 Å². The van der Waals surface area contributed by atoms with Gasteiger partial charge in [0.05, 0.1) is 12.6 Å². The molecule has 1 atom stereocenters. The molecule has 1 saturated carbocycles. The Balaban J connectivity index is 0.00000225. The Kier molecular flexibility index (Phi) is 6.36. The highest BCUT2D eigenvalue weighted by Gasteiger charge is 2.35. The molecule has 5 nitrogen and oxygen atoms in total. The summed E-state index contributed by atoms with van der Waals surface area (Å²) in [5.74, 6) is -0.538. The topological polar surface area (TPSA) is 72.6 Å². The fourth-order valence-electron chi connectivity index (χ4n) is 1.38. The molecule has 1 aliphatic carbocycles. The van der Waals surface area contributed by atoms with E-state index in [2.05, 4.69) is 0 Å². The maximum atomic E-state index is 11.7. The van der Waals surface area contributed by atoms with Gasteiger partial charge in [0.2, 0.25) is 5.91 Å². The van der Waals surface area contributed by atoms with Gasteiger partial charge < -0.3 is 15.4 Å². The first-order chi connectivity index (χ1) is 7.06. The Morgan fingerprint density at radius 2 is 2.06 bits per heavy atom. The number of ether oxygens (including phenoxy) is 1. The molecule has 1 fully saturated rings. The van der Waals surface area contributed by atoms with E-state index in [-0.39, 0.29) is 36.9 Å². The van der Waals surface area contributed by atoms with Gasteiger partial charge in [0.1, 0.15) is 6.54 Å². The number of rotatable bonds is 5. The zero-order valence-electron chi connectivity index (χ0n) is 9.64. The largest absolute Gasteiger partial charge is 0.465 e. The Hall–Kier alpha value is -0.810. The highest BCUT2D eigenvalue weighted by Crippen LogP contribution is 2.27. The zero-order valence-corrected chi connectivity index (χ0v) is 10.5. The van der Waals surface area contributed by atoms with E-state index >= 15 is 0 Å². The maximum absolute atomic E-state index is 11.7. The molecule has 1 aliphatic rings. The number of amides is 1. The monoisotopic (exact) mass is 250 g/mol. The number of hydrogen-bond donors (Lipinski definition) is 1. The van der Waals surface area contributed by atoms with Crippen LogP contribution >= 0.6 is 12.4 Å². The molecule has 0 bridgehead atoms. The van der Waals surface area contributed by atoms with Crippen LogP contribution < -0.4 is 5.73 Å². The smallest absolute Gasteiger partial charge is 0.325 e. The predicted molar refractivity (Wildman–Crippen MR) is 62.3 cm³/mol. The van der Waals surface area contributed by atoms with Crippen LogP contribution in [0.15, 0.2) is 0 Å². The van der Waals surface area contributed by atoms with E-state index in [1.54, 1.807) is 13.8 Å². The molecule has 0 aromatic rings. The molecule has 1 amide bonds. The number of nitrogens with two attached hydrogens (primary N) is 1. The van der Waals surface area contributed by atoms with E-state index in [0.29, 0.717) is 6.61 Å². The summed E-state index contributed by atoms with van der Waals surface area (Å²) in [4.78, 5) is 24.4. The predicted octanol–water partition coefficient (Wildman–Crippen LogP) is 0.309. The van der Waals surface area contributed by atoms with E-state index in [1.165, 1.54) is 4.90 Å². The molecule has 0 unspecified atom stereocenters. The summed E-state index contributed by atoms with van der Waals surface area (Å²) in [7, 11) is 0. The van der Waals surface area contributed by atoms with Crippen LogP contribution in [0.2, 0.25) is 0 Å². The van der Waals surface area contributed by atoms with Gasteiger partial charge in [-0.2, -0.15) is 0 Å². The van der Waals surface area contributed by atoms with Crippen molar-refractivity contribution in [3.05, 3.63) is 0 Å². The zero-order chi connectivity index (χ0) is 11.4. The maximum Gasteiger partial charge on any atom is 0.325 e. The van der Waals surface area contributed by atoms with Gasteiger partial charge in [-0.15, -0.1) is 12.4 Å². The first-order valence-corrected chi connectivity index (χ1v) is 5.28. The first-order valence-electron chi connectivity index (χ1n) is 5.28. The van der Waals surface area contributed by atoms with Crippen LogP contribution in [0, 0.1) is 0 Å². The van der Waals surface area contributed by atoms with Crippen LogP contribution in [-0.2, 0) is 14.3 Å². The third-order valence-corrected chi connectivity index (χ3v) is 2.27. The molecule has 0 aromatic carbocycles. The highest BCUT2D eigenvalue weighted by molar-refractivity contribution is 5.86. The summed E-state index contributed by atoms with van der Waals surface area (Å²) in [5.41, 5.74) is 5.51. The number of nitrogens with zero attached hydrogens (tertiary/aromatic N) is 1. The molecule has 1 rings (SSSR count). The van der Waals surface area contributed by atoms with Gasteiger partial charge >= 0.3 is 5.97 Å². The fourth-order valence-corrected chi connectivity index (χ4v) is 1.38. The third-order valence-electron chi connectivity index (χ3n) is 2.27. The summed E-state index contributed by atoms with van der Waals surface area (Å²) >= 11 is 0. The van der Waals surface area contributed by atoms with Gasteiger partial charge in [0.15, 0.2) is 0 Å². The standard InChI is InChI=1S/C10H18N2O3.ClH/c1-3-15-9(13)6-12(8-4-5-8)10(14)7(2)11;/h7-8H,3-6,11H2,1-2H3;1H/t7-;/m0./s1. The van der Waals surface area contributed by atoms with Crippen molar-refractivity contribution >= 4 is 24.3 Å². The summed E-state index contributed by atoms with van der Waals surface area (Å²) in [5, 5.41) is 0. The third kappa shape index (κ3) is 4.37. The summed E-state index contributed by atoms with van der Waals surface area (Å²) in [6.07, 6.45) is 1.91. The number of halogens is 1. The molecular weight excluding hydrogens is 232 g/mol. The van der Waals surface area contributed by atoms with Crippen molar-refractivity contribution in [3.8, 4) is 0 Å². The van der Waals surface area contributed by atoms with Crippen molar-refractivity contribution < 1.29 is 14.3 Å². The molecule has 6 heteroatoms. The normalized spacial score (nSPS) is 15.9. The second kappa shape index (κ2) is 6.70. The van der Waals surface area contributed by atoms with E-state index in [1.807, 2.05) is 0 Å². The van der Waals surface area contributed by atoms with Crippen LogP contribution in [0.3, 0.4) is 0 Å². The van der Waals surface area contributed by atoms with Gasteiger partial charge in [-0.3, -0.25) is 9.59 Å². The fraction of sp³-hybridized carbons (Fsp3) is 0.800. The van der Waals surface area contributed by atoms with E-state index in [4.69, 9.17) is 10.5 Å². The van der Waals surface area contributed by atoms with E-state index < -0.39 is 6.04 Å². The second-order valence-electron chi connectivity index (χ2n) is 3.79. The molecule has 2 N–H and O–H groups in total. The first kappa shape index (κ1) is 15.2. The van der Waals surface area contributed by atoms with Crippen LogP contribution in [0.25, 0.3) is 0 Å². The molecule has 0 heterocycles. The van der Waals surface area contributed by atoms with Crippen molar-refractivity contribution in [1.29, 1.82) is 0 Å². The van der Waals surface area contributed by atoms with E-state index in [9.17, 15) is 9.59 Å². The van der Waals surface area contributed by atoms with Crippen LogP contribution in [0.1, 0.15) is 26.7 Å². The lowest BCUT2D eigenvalue weighted by atomic mass is 10.3. The van der Waals surface area contributed by atoms with Gasteiger partial charge in [-0.05, 0) is 26.7 Å². The number of carbonyl (C=O) groups excluding carboxylic acids is 2. The molecule has 0 saturated heterocycles.